The number of nitrogens with zero attached hydrogens (tertiary/aromatic N) is 5. The van der Waals surface area contributed by atoms with Gasteiger partial charge < -0.3 is 15.3 Å². The summed E-state index contributed by atoms with van der Waals surface area (Å²) in [5, 5.41) is 24.0. The Morgan fingerprint density at radius 2 is 2.12 bits per heavy atom. The highest BCUT2D eigenvalue weighted by Gasteiger charge is 2.48. The topological polar surface area (TPSA) is 115 Å². The van der Waals surface area contributed by atoms with Gasteiger partial charge in [-0.1, -0.05) is 11.6 Å². The van der Waals surface area contributed by atoms with Crippen LogP contribution in [0.25, 0.3) is 0 Å². The molecule has 6 rings (SSSR count). The van der Waals surface area contributed by atoms with Gasteiger partial charge in [-0.25, -0.2) is 15.0 Å². The minimum Gasteiger partial charge on any atom is -0.394 e. The van der Waals surface area contributed by atoms with Crippen molar-refractivity contribution in [1.29, 1.82) is 5.26 Å². The zero-order valence-electron chi connectivity index (χ0n) is 18.1. The number of aliphatic hydroxyl groups is 1. The fourth-order valence-corrected chi connectivity index (χ4v) is 7.50. The van der Waals surface area contributed by atoms with E-state index in [0.717, 1.165) is 50.0 Å². The van der Waals surface area contributed by atoms with Crippen LogP contribution in [-0.2, 0) is 17.2 Å². The molecule has 2 saturated carbocycles. The number of hydrogen-bond acceptors (Lipinski definition) is 8. The van der Waals surface area contributed by atoms with Gasteiger partial charge in [0.25, 0.3) is 0 Å². The lowest BCUT2D eigenvalue weighted by atomic mass is 9.77. The first-order valence-electron chi connectivity index (χ1n) is 11.5. The SMILES string of the molecule is N#Cc1c(N2CC3CC2CC3c2ncc(Cl)cn2)nc(NC2(CO)CCC2)c2c1CC[S@]2=O. The quantitative estimate of drug-likeness (QED) is 0.665. The molecule has 0 aromatic carbocycles. The van der Waals surface area contributed by atoms with Crippen molar-refractivity contribution in [2.45, 2.75) is 60.9 Å². The van der Waals surface area contributed by atoms with Crippen molar-refractivity contribution in [2.24, 2.45) is 5.92 Å². The van der Waals surface area contributed by atoms with Crippen LogP contribution in [0.15, 0.2) is 17.3 Å². The van der Waals surface area contributed by atoms with E-state index < -0.39 is 16.3 Å². The van der Waals surface area contributed by atoms with Crippen LogP contribution in [0.3, 0.4) is 0 Å². The lowest BCUT2D eigenvalue weighted by molar-refractivity contribution is 0.143. The summed E-state index contributed by atoms with van der Waals surface area (Å²) >= 11 is 5.96. The molecular formula is C23H25ClN6O2S. The molecule has 8 nitrogen and oxygen atoms in total. The lowest BCUT2D eigenvalue weighted by Gasteiger charge is -2.42. The molecule has 2 bridgehead atoms. The smallest absolute Gasteiger partial charge is 0.149 e. The third-order valence-corrected chi connectivity index (χ3v) is 9.56. The molecule has 2 aliphatic carbocycles. The molecule has 2 aliphatic heterocycles. The Morgan fingerprint density at radius 3 is 2.73 bits per heavy atom. The van der Waals surface area contributed by atoms with E-state index in [2.05, 4.69) is 26.3 Å². The van der Waals surface area contributed by atoms with E-state index in [1.165, 1.54) is 0 Å². The zero-order valence-corrected chi connectivity index (χ0v) is 19.7. The number of halogens is 1. The summed E-state index contributed by atoms with van der Waals surface area (Å²) in [6.45, 7) is 0.804. The number of hydrogen-bond donors (Lipinski definition) is 2. The van der Waals surface area contributed by atoms with Crippen molar-refractivity contribution in [3.8, 4) is 6.07 Å². The molecule has 33 heavy (non-hydrogen) atoms. The number of nitriles is 1. The number of rotatable bonds is 5. The van der Waals surface area contributed by atoms with Crippen LogP contribution in [0.1, 0.15) is 55.0 Å². The largest absolute Gasteiger partial charge is 0.394 e. The summed E-state index contributed by atoms with van der Waals surface area (Å²) < 4.78 is 12.8. The Morgan fingerprint density at radius 1 is 1.33 bits per heavy atom. The number of piperidine rings is 1. The van der Waals surface area contributed by atoms with Gasteiger partial charge in [0, 0.05) is 36.7 Å². The van der Waals surface area contributed by atoms with Crippen LogP contribution in [0.5, 0.6) is 0 Å². The van der Waals surface area contributed by atoms with Crippen LogP contribution in [0, 0.1) is 17.2 Å². The van der Waals surface area contributed by atoms with Gasteiger partial charge in [-0.15, -0.1) is 0 Å². The normalized spacial score (nSPS) is 28.9. The maximum atomic E-state index is 12.8. The molecule has 3 fully saturated rings. The fourth-order valence-electron chi connectivity index (χ4n) is 6.01. The van der Waals surface area contributed by atoms with Crippen molar-refractivity contribution in [3.05, 3.63) is 34.4 Å². The molecule has 4 heterocycles. The van der Waals surface area contributed by atoms with Gasteiger partial charge in [0.2, 0.25) is 0 Å². The van der Waals surface area contributed by atoms with Crippen molar-refractivity contribution in [3.63, 3.8) is 0 Å². The molecule has 10 heteroatoms. The first-order chi connectivity index (χ1) is 16.0. The van der Waals surface area contributed by atoms with Crippen molar-refractivity contribution in [1.82, 2.24) is 15.0 Å². The maximum absolute atomic E-state index is 12.8. The predicted molar refractivity (Wildman–Crippen MR) is 125 cm³/mol. The average molecular weight is 485 g/mol. The summed E-state index contributed by atoms with van der Waals surface area (Å²) in [4.78, 5) is 16.7. The molecule has 0 amide bonds. The molecule has 172 valence electrons. The zero-order chi connectivity index (χ0) is 22.7. The van der Waals surface area contributed by atoms with Crippen LogP contribution in [-0.4, -0.2) is 54.8 Å². The molecule has 2 N–H and O–H groups in total. The second kappa shape index (κ2) is 7.90. The summed E-state index contributed by atoms with van der Waals surface area (Å²) in [5.74, 6) is 3.29. The van der Waals surface area contributed by atoms with Gasteiger partial charge >= 0.3 is 0 Å². The maximum Gasteiger partial charge on any atom is 0.149 e. The standard InChI is InChI=1S/C23H25ClN6O2S/c24-14-9-26-20(27-10-14)17-7-15-6-13(17)11-30(15)22-18(8-25)16-2-5-33(32)19(16)21(28-22)29-23(12-31)3-1-4-23/h9-10,13,15,17,31H,1-7,11-12H2,(H,28,29)/t13?,15?,17?,33-/m1/s1. The van der Waals surface area contributed by atoms with Crippen LogP contribution < -0.4 is 10.2 Å². The molecule has 0 spiro atoms. The summed E-state index contributed by atoms with van der Waals surface area (Å²) in [6, 6.07) is 2.64. The van der Waals surface area contributed by atoms with E-state index in [-0.39, 0.29) is 18.6 Å². The number of pyridine rings is 1. The molecule has 2 aromatic rings. The van der Waals surface area contributed by atoms with Gasteiger partial charge in [0.15, 0.2) is 0 Å². The Bertz CT molecular complexity index is 1170. The summed E-state index contributed by atoms with van der Waals surface area (Å²) in [6.07, 6.45) is 8.60. The third-order valence-electron chi connectivity index (χ3n) is 7.89. The lowest BCUT2D eigenvalue weighted by Crippen LogP contribution is -2.49. The first kappa shape index (κ1) is 21.3. The third kappa shape index (κ3) is 3.34. The van der Waals surface area contributed by atoms with E-state index in [0.29, 0.717) is 45.2 Å². The number of aliphatic hydroxyl groups excluding tert-OH is 1. The van der Waals surface area contributed by atoms with Crippen LogP contribution in [0.4, 0.5) is 11.6 Å². The Labute approximate surface area is 199 Å². The molecule has 0 radical (unpaired) electrons. The fraction of sp³-hybridized carbons (Fsp3) is 0.565. The van der Waals surface area contributed by atoms with E-state index >= 15 is 0 Å². The molecule has 4 atom stereocenters. The molecule has 4 aliphatic rings. The van der Waals surface area contributed by atoms with E-state index in [9.17, 15) is 14.6 Å². The van der Waals surface area contributed by atoms with Gasteiger partial charge in [0.05, 0.1) is 38.4 Å². The van der Waals surface area contributed by atoms with E-state index in [4.69, 9.17) is 16.6 Å². The van der Waals surface area contributed by atoms with Crippen LogP contribution >= 0.6 is 11.6 Å². The molecule has 1 saturated heterocycles. The molecule has 3 unspecified atom stereocenters. The van der Waals surface area contributed by atoms with E-state index in [1.54, 1.807) is 12.4 Å². The second-order valence-electron chi connectivity index (χ2n) is 9.70. The summed E-state index contributed by atoms with van der Waals surface area (Å²) in [5.41, 5.74) is 1.01. The minimum absolute atomic E-state index is 0.0165. The number of anilines is 2. The Balaban J connectivity index is 1.35. The highest BCUT2D eigenvalue weighted by molar-refractivity contribution is 7.85. The molecular weight excluding hydrogens is 460 g/mol. The van der Waals surface area contributed by atoms with Crippen molar-refractivity contribution < 1.29 is 9.32 Å². The van der Waals surface area contributed by atoms with Gasteiger partial charge in [-0.3, -0.25) is 4.21 Å². The molecule has 2 aromatic heterocycles. The summed E-state index contributed by atoms with van der Waals surface area (Å²) in [7, 11) is -1.18. The minimum atomic E-state index is -1.18. The van der Waals surface area contributed by atoms with Gasteiger partial charge in [-0.2, -0.15) is 5.26 Å². The van der Waals surface area contributed by atoms with Gasteiger partial charge in [0.1, 0.15) is 23.5 Å². The highest BCUT2D eigenvalue weighted by atomic mass is 35.5. The van der Waals surface area contributed by atoms with Crippen LogP contribution in [0.2, 0.25) is 5.02 Å². The number of fused-ring (bicyclic) bond motifs is 3. The van der Waals surface area contributed by atoms with E-state index in [1.807, 2.05) is 0 Å². The first-order valence-corrected chi connectivity index (χ1v) is 13.2. The Hall–Kier alpha value is -2.28. The van der Waals surface area contributed by atoms with Crippen molar-refractivity contribution >= 4 is 34.0 Å². The average Bonchev–Trinajstić information content (AvgIpc) is 3.51. The Kier molecular flexibility index (Phi) is 5.09. The second-order valence-corrected chi connectivity index (χ2v) is 11.6. The number of aromatic nitrogens is 3. The monoisotopic (exact) mass is 484 g/mol. The van der Waals surface area contributed by atoms with Gasteiger partial charge in [-0.05, 0) is 50.0 Å². The van der Waals surface area contributed by atoms with Crippen molar-refractivity contribution in [2.75, 3.05) is 29.1 Å². The highest BCUT2D eigenvalue weighted by Crippen LogP contribution is 2.50. The predicted octanol–water partition coefficient (Wildman–Crippen LogP) is 2.77. The number of nitrogens with one attached hydrogen (secondary N) is 1.